The lowest BCUT2D eigenvalue weighted by atomic mass is 9.94. The minimum absolute atomic E-state index is 0.0181. The lowest BCUT2D eigenvalue weighted by Crippen LogP contribution is -2.52. The van der Waals surface area contributed by atoms with Gasteiger partial charge in [0.05, 0.1) is 54.1 Å². The second kappa shape index (κ2) is 10.1. The Hall–Kier alpha value is -3.12. The number of rotatable bonds is 8. The van der Waals surface area contributed by atoms with Gasteiger partial charge in [0.15, 0.2) is 0 Å². The number of piperidine rings is 1. The second-order valence-corrected chi connectivity index (χ2v) is 11.6. The zero-order chi connectivity index (χ0) is 27.4. The molecule has 12 heteroatoms. The molecule has 40 heavy (non-hydrogen) atoms. The average Bonchev–Trinajstić information content (AvgIpc) is 3.63. The smallest absolute Gasteiger partial charge is 0.147 e. The summed E-state index contributed by atoms with van der Waals surface area (Å²) in [4.78, 5) is 6.67. The highest BCUT2D eigenvalue weighted by Crippen LogP contribution is 2.46. The predicted octanol–water partition coefficient (Wildman–Crippen LogP) is 3.80. The molecule has 4 aromatic heterocycles. The van der Waals surface area contributed by atoms with Crippen molar-refractivity contribution in [2.24, 2.45) is 5.92 Å². The van der Waals surface area contributed by atoms with Gasteiger partial charge >= 0.3 is 0 Å². The molecule has 0 aromatic carbocycles. The fraction of sp³-hybridized carbons (Fsp3) is 0.500. The van der Waals surface area contributed by atoms with E-state index in [4.69, 9.17) is 21.1 Å². The van der Waals surface area contributed by atoms with Crippen molar-refractivity contribution in [1.82, 2.24) is 34.5 Å². The van der Waals surface area contributed by atoms with Gasteiger partial charge in [-0.1, -0.05) is 16.8 Å². The summed E-state index contributed by atoms with van der Waals surface area (Å²) in [6, 6.07) is 5.53. The fourth-order valence-corrected chi connectivity index (χ4v) is 6.18. The molecule has 3 fully saturated rings. The quantitative estimate of drug-likeness (QED) is 0.343. The summed E-state index contributed by atoms with van der Waals surface area (Å²) in [6.45, 7) is 5.69. The van der Waals surface area contributed by atoms with E-state index in [1.165, 1.54) is 12.1 Å². The van der Waals surface area contributed by atoms with E-state index in [0.29, 0.717) is 28.0 Å². The number of fused-ring (bicyclic) bond motifs is 1. The van der Waals surface area contributed by atoms with Crippen LogP contribution in [0.25, 0.3) is 16.8 Å². The third-order valence-electron chi connectivity index (χ3n) is 8.59. The van der Waals surface area contributed by atoms with Crippen molar-refractivity contribution >= 4 is 17.1 Å². The van der Waals surface area contributed by atoms with Gasteiger partial charge in [-0.05, 0) is 56.7 Å². The van der Waals surface area contributed by atoms with Gasteiger partial charge < -0.3 is 14.6 Å². The number of aromatic nitrogens is 6. The van der Waals surface area contributed by atoms with Gasteiger partial charge in [-0.3, -0.25) is 9.88 Å². The van der Waals surface area contributed by atoms with Gasteiger partial charge in [0.1, 0.15) is 35.0 Å². The number of nitrogens with zero attached hydrogens (tertiary/aromatic N) is 7. The highest BCUT2D eigenvalue weighted by Gasteiger charge is 2.47. The molecule has 0 spiro atoms. The summed E-state index contributed by atoms with van der Waals surface area (Å²) in [7, 11) is 0. The Morgan fingerprint density at radius 1 is 1.15 bits per heavy atom. The Morgan fingerprint density at radius 3 is 2.62 bits per heavy atom. The van der Waals surface area contributed by atoms with Crippen LogP contribution in [0.15, 0.2) is 36.8 Å². The molecule has 1 N–H and O–H groups in total. The van der Waals surface area contributed by atoms with Gasteiger partial charge in [-0.2, -0.15) is 5.10 Å². The van der Waals surface area contributed by atoms with Gasteiger partial charge in [0, 0.05) is 24.8 Å². The van der Waals surface area contributed by atoms with Crippen LogP contribution in [0.1, 0.15) is 43.1 Å². The molecule has 1 atom stereocenters. The van der Waals surface area contributed by atoms with Gasteiger partial charge in [0.25, 0.3) is 0 Å². The number of hydrogen-bond acceptors (Lipinski definition) is 8. The molecule has 2 saturated heterocycles. The third-order valence-corrected chi connectivity index (χ3v) is 8.86. The first kappa shape index (κ1) is 25.8. The number of halogens is 2. The van der Waals surface area contributed by atoms with Crippen molar-refractivity contribution in [3.05, 3.63) is 59.0 Å². The Kier molecular flexibility index (Phi) is 6.49. The molecule has 0 amide bonds. The lowest BCUT2D eigenvalue weighted by molar-refractivity contribution is -0.0735. The predicted molar refractivity (Wildman–Crippen MR) is 145 cm³/mol. The van der Waals surface area contributed by atoms with Crippen molar-refractivity contribution in [3.8, 4) is 17.0 Å². The molecule has 0 bridgehead atoms. The van der Waals surface area contributed by atoms with Crippen LogP contribution >= 0.6 is 11.6 Å². The lowest BCUT2D eigenvalue weighted by Gasteiger charge is -2.41. The van der Waals surface area contributed by atoms with Crippen LogP contribution in [0.5, 0.6) is 5.75 Å². The highest BCUT2D eigenvalue weighted by molar-refractivity contribution is 6.34. The molecule has 3 aliphatic rings. The summed E-state index contributed by atoms with van der Waals surface area (Å²) >= 11 is 6.50. The minimum atomic E-state index is -1.35. The van der Waals surface area contributed by atoms with Gasteiger partial charge in [-0.25, -0.2) is 13.6 Å². The molecular weight excluding hydrogens is 537 g/mol. The molecule has 4 aromatic rings. The Balaban J connectivity index is 1.16. The number of pyridine rings is 2. The molecule has 7 rings (SSSR count). The SMILES string of the molecule is Cc1c(-c2cc(OC[C@](O)(c3ccc(F)cn3)C3CC3)c3c(Cl)cnn3c2)nnn1C1CCN(C2COC2)CC1. The zero-order valence-corrected chi connectivity index (χ0v) is 23.0. The summed E-state index contributed by atoms with van der Waals surface area (Å²) < 4.78 is 28.9. The molecule has 210 valence electrons. The molecule has 0 unspecified atom stereocenters. The van der Waals surface area contributed by atoms with Crippen LogP contribution in [0, 0.1) is 18.7 Å². The number of likely N-dealkylation sites (tertiary alicyclic amines) is 1. The maximum absolute atomic E-state index is 13.5. The summed E-state index contributed by atoms with van der Waals surface area (Å²) in [5.41, 5.74) is 2.12. The minimum Gasteiger partial charge on any atom is -0.488 e. The second-order valence-electron chi connectivity index (χ2n) is 11.2. The molecule has 1 aliphatic carbocycles. The van der Waals surface area contributed by atoms with E-state index in [2.05, 4.69) is 25.3 Å². The van der Waals surface area contributed by atoms with Crippen LogP contribution in [-0.2, 0) is 10.3 Å². The standard InChI is InChI=1S/C28H31ClFN7O3/c1-17-26(33-34-37(17)21-6-8-35(9-7-21)22-14-39-15-22)18-10-24(27-23(29)12-32-36(27)13-18)40-16-28(38,19-2-3-19)25-5-4-20(30)11-31-25/h4-5,10-13,19,21-22,38H,2-3,6-9,14-16H2,1H3/t28-/m1/s1. The largest absolute Gasteiger partial charge is 0.488 e. The van der Waals surface area contributed by atoms with Gasteiger partial charge in [0.2, 0.25) is 0 Å². The first-order valence-electron chi connectivity index (χ1n) is 13.8. The Morgan fingerprint density at radius 2 is 1.95 bits per heavy atom. The van der Waals surface area contributed by atoms with E-state index < -0.39 is 11.4 Å². The maximum Gasteiger partial charge on any atom is 0.147 e. The molecule has 0 radical (unpaired) electrons. The third kappa shape index (κ3) is 4.54. The molecule has 10 nitrogen and oxygen atoms in total. The van der Waals surface area contributed by atoms with Crippen molar-refractivity contribution in [3.63, 3.8) is 0 Å². The number of aliphatic hydroxyl groups is 1. The van der Waals surface area contributed by atoms with Crippen LogP contribution in [-0.4, -0.2) is 78.6 Å². The monoisotopic (exact) mass is 567 g/mol. The van der Waals surface area contributed by atoms with E-state index in [-0.39, 0.29) is 18.6 Å². The van der Waals surface area contributed by atoms with E-state index in [9.17, 15) is 9.50 Å². The number of hydrogen-bond donors (Lipinski definition) is 1. The average molecular weight is 568 g/mol. The molecular formula is C28H31ClFN7O3. The van der Waals surface area contributed by atoms with E-state index in [0.717, 1.165) is 75.1 Å². The van der Waals surface area contributed by atoms with Crippen LogP contribution in [0.2, 0.25) is 5.02 Å². The van der Waals surface area contributed by atoms with Gasteiger partial charge in [-0.15, -0.1) is 5.10 Å². The van der Waals surface area contributed by atoms with E-state index in [1.807, 2.05) is 23.9 Å². The van der Waals surface area contributed by atoms with Crippen molar-refractivity contribution < 1.29 is 19.0 Å². The van der Waals surface area contributed by atoms with E-state index >= 15 is 0 Å². The Bertz CT molecular complexity index is 1530. The number of ether oxygens (including phenoxy) is 2. The summed E-state index contributed by atoms with van der Waals surface area (Å²) in [5.74, 6) is -0.00760. The summed E-state index contributed by atoms with van der Waals surface area (Å²) in [5, 5.41) is 25.6. The molecule has 1 saturated carbocycles. The highest BCUT2D eigenvalue weighted by atomic mass is 35.5. The van der Waals surface area contributed by atoms with Crippen molar-refractivity contribution in [1.29, 1.82) is 0 Å². The Labute approximate surface area is 235 Å². The van der Waals surface area contributed by atoms with Crippen LogP contribution in [0.3, 0.4) is 0 Å². The van der Waals surface area contributed by atoms with Crippen molar-refractivity contribution in [2.75, 3.05) is 32.9 Å². The maximum atomic E-state index is 13.5. The van der Waals surface area contributed by atoms with E-state index in [1.54, 1.807) is 10.7 Å². The van der Waals surface area contributed by atoms with Crippen LogP contribution < -0.4 is 4.74 Å². The molecule has 6 heterocycles. The summed E-state index contributed by atoms with van der Waals surface area (Å²) in [6.07, 6.45) is 8.26. The topological polar surface area (TPSA) is 103 Å². The zero-order valence-electron chi connectivity index (χ0n) is 22.2. The normalized spacial score (nSPS) is 20.5. The van der Waals surface area contributed by atoms with Crippen LogP contribution in [0.4, 0.5) is 4.39 Å². The first-order valence-corrected chi connectivity index (χ1v) is 14.2. The first-order chi connectivity index (χ1) is 19.4. The fourth-order valence-electron chi connectivity index (χ4n) is 5.95. The van der Waals surface area contributed by atoms with Crippen molar-refractivity contribution in [2.45, 2.75) is 50.3 Å². The molecule has 2 aliphatic heterocycles.